The molecule has 0 aliphatic heterocycles. The minimum absolute atomic E-state index is 0.0620. The van der Waals surface area contributed by atoms with E-state index in [4.69, 9.17) is 0 Å². The number of alkyl halides is 1. The number of fused-ring (bicyclic) bond motifs is 1. The summed E-state index contributed by atoms with van der Waals surface area (Å²) < 4.78 is -1.31. The second kappa shape index (κ2) is 6.44. The molecular weight excluding hydrogens is 368 g/mol. The topological polar surface area (TPSA) is 51.2 Å². The lowest BCUT2D eigenvalue weighted by Crippen LogP contribution is -2.34. The highest BCUT2D eigenvalue weighted by molar-refractivity contribution is 9.10. The third kappa shape index (κ3) is 2.75. The van der Waals surface area contributed by atoms with E-state index in [-0.39, 0.29) is 30.2 Å². The van der Waals surface area contributed by atoms with Gasteiger partial charge in [-0.1, -0.05) is 71.4 Å². The second-order valence-electron chi connectivity index (χ2n) is 5.98. The lowest BCUT2D eigenvalue weighted by Gasteiger charge is -2.17. The molecule has 122 valence electrons. The predicted molar refractivity (Wildman–Crippen MR) is 96.1 cm³/mol. The molecule has 0 aromatic heterocycles. The van der Waals surface area contributed by atoms with Gasteiger partial charge in [-0.25, -0.2) is 0 Å². The molecule has 0 unspecified atom stereocenters. The smallest absolute Gasteiger partial charge is 0.188 e. The van der Waals surface area contributed by atoms with Crippen LogP contribution in [0.4, 0.5) is 0 Å². The van der Waals surface area contributed by atoms with Gasteiger partial charge in [0.25, 0.3) is 0 Å². The van der Waals surface area contributed by atoms with Gasteiger partial charge in [-0.2, -0.15) is 0 Å². The van der Waals surface area contributed by atoms with Crippen molar-refractivity contribution in [1.29, 1.82) is 0 Å². The van der Waals surface area contributed by atoms with E-state index in [0.29, 0.717) is 16.7 Å². The van der Waals surface area contributed by atoms with Crippen LogP contribution >= 0.6 is 15.9 Å². The van der Waals surface area contributed by atoms with Crippen molar-refractivity contribution in [2.75, 3.05) is 0 Å². The van der Waals surface area contributed by atoms with E-state index < -0.39 is 4.32 Å². The van der Waals surface area contributed by atoms with Gasteiger partial charge in [0, 0.05) is 23.1 Å². The first-order valence-electron chi connectivity index (χ1n) is 7.97. The molecule has 1 aliphatic rings. The number of hydrogen-bond donors (Lipinski definition) is 0. The summed E-state index contributed by atoms with van der Waals surface area (Å²) in [5, 5.41) is 0. The van der Waals surface area contributed by atoms with Crippen LogP contribution in [0.15, 0.2) is 48.5 Å². The van der Waals surface area contributed by atoms with Crippen LogP contribution in [-0.4, -0.2) is 21.7 Å². The molecule has 0 heterocycles. The molecule has 24 heavy (non-hydrogen) atoms. The average molecular weight is 385 g/mol. The van der Waals surface area contributed by atoms with Crippen molar-refractivity contribution in [3.63, 3.8) is 0 Å². The van der Waals surface area contributed by atoms with Gasteiger partial charge in [-0.3, -0.25) is 14.4 Å². The van der Waals surface area contributed by atoms with E-state index in [1.54, 1.807) is 36.4 Å². The minimum atomic E-state index is -1.31. The van der Waals surface area contributed by atoms with Crippen LogP contribution < -0.4 is 0 Å². The van der Waals surface area contributed by atoms with Gasteiger partial charge < -0.3 is 0 Å². The van der Waals surface area contributed by atoms with E-state index in [9.17, 15) is 14.4 Å². The molecule has 0 saturated heterocycles. The zero-order valence-electron chi connectivity index (χ0n) is 13.3. The summed E-state index contributed by atoms with van der Waals surface area (Å²) >= 11 is 3.33. The lowest BCUT2D eigenvalue weighted by molar-refractivity contribution is 0.0858. The highest BCUT2D eigenvalue weighted by Crippen LogP contribution is 2.40. The summed E-state index contributed by atoms with van der Waals surface area (Å²) in [5.74, 6) is -0.567. The van der Waals surface area contributed by atoms with Crippen molar-refractivity contribution in [2.45, 2.75) is 30.5 Å². The maximum Gasteiger partial charge on any atom is 0.188 e. The summed E-state index contributed by atoms with van der Waals surface area (Å²) in [6.07, 6.45) is 1.22. The minimum Gasteiger partial charge on any atom is -0.294 e. The van der Waals surface area contributed by atoms with E-state index in [0.717, 1.165) is 6.42 Å². The van der Waals surface area contributed by atoms with E-state index >= 15 is 0 Å². The van der Waals surface area contributed by atoms with Crippen LogP contribution in [0.3, 0.4) is 0 Å². The zero-order valence-corrected chi connectivity index (χ0v) is 14.9. The Morgan fingerprint density at radius 2 is 1.50 bits per heavy atom. The van der Waals surface area contributed by atoms with Crippen molar-refractivity contribution in [3.05, 3.63) is 70.8 Å². The lowest BCUT2D eigenvalue weighted by atomic mass is 9.94. The quantitative estimate of drug-likeness (QED) is 0.435. The number of aryl methyl sites for hydroxylation is 1. The molecule has 0 saturated carbocycles. The van der Waals surface area contributed by atoms with Crippen LogP contribution in [0, 0.1) is 0 Å². The van der Waals surface area contributed by atoms with Crippen LogP contribution in [-0.2, 0) is 6.42 Å². The van der Waals surface area contributed by atoms with Gasteiger partial charge in [0.05, 0.1) is 0 Å². The molecule has 1 aliphatic carbocycles. The largest absolute Gasteiger partial charge is 0.294 e. The normalized spacial score (nSPS) is 15.4. The van der Waals surface area contributed by atoms with Crippen molar-refractivity contribution in [3.8, 4) is 0 Å². The maximum atomic E-state index is 12.6. The average Bonchev–Trinajstić information content (AvgIpc) is 2.82. The van der Waals surface area contributed by atoms with Gasteiger partial charge in [0.1, 0.15) is 0 Å². The maximum absolute atomic E-state index is 12.6. The SMILES string of the molecule is CCc1ccc(C(=O)CCC2(Br)C(=O)c3ccccc3C2=O)cc1. The number of hydrogen-bond acceptors (Lipinski definition) is 3. The van der Waals surface area contributed by atoms with E-state index in [1.807, 2.05) is 12.1 Å². The molecule has 4 heteroatoms. The Bertz CT molecular complexity index is 786. The first-order chi connectivity index (χ1) is 11.5. The number of Topliss-reactive ketones (excluding diaryl/α,β-unsaturated/α-hetero) is 3. The molecule has 0 radical (unpaired) electrons. The Hall–Kier alpha value is -2.07. The Balaban J connectivity index is 1.75. The summed E-state index contributed by atoms with van der Waals surface area (Å²) in [7, 11) is 0. The fourth-order valence-electron chi connectivity index (χ4n) is 2.99. The van der Waals surface area contributed by atoms with Gasteiger partial charge in [-0.15, -0.1) is 0 Å². The third-order valence-corrected chi connectivity index (χ3v) is 5.63. The third-order valence-electron chi connectivity index (χ3n) is 4.52. The van der Waals surface area contributed by atoms with Crippen LogP contribution in [0.2, 0.25) is 0 Å². The number of carbonyl (C=O) groups is 3. The van der Waals surface area contributed by atoms with Gasteiger partial charge in [0.15, 0.2) is 21.7 Å². The Morgan fingerprint density at radius 3 is 2.00 bits per heavy atom. The van der Waals surface area contributed by atoms with Crippen molar-refractivity contribution in [2.24, 2.45) is 0 Å². The van der Waals surface area contributed by atoms with E-state index in [1.165, 1.54) is 5.56 Å². The monoisotopic (exact) mass is 384 g/mol. The van der Waals surface area contributed by atoms with Crippen LogP contribution in [0.25, 0.3) is 0 Å². The molecular formula is C20H17BrO3. The molecule has 0 atom stereocenters. The first kappa shape index (κ1) is 16.8. The number of benzene rings is 2. The standard InChI is InChI=1S/C20H17BrO3/c1-2-13-7-9-14(10-8-13)17(22)11-12-20(21)18(23)15-5-3-4-6-16(15)19(20)24/h3-10H,2,11-12H2,1H3. The van der Waals surface area contributed by atoms with Gasteiger partial charge in [0.2, 0.25) is 0 Å². The fraction of sp³-hybridized carbons (Fsp3) is 0.250. The molecule has 2 aromatic rings. The summed E-state index contributed by atoms with van der Waals surface area (Å²) in [6, 6.07) is 14.3. The van der Waals surface area contributed by atoms with Crippen molar-refractivity contribution in [1.82, 2.24) is 0 Å². The van der Waals surface area contributed by atoms with Crippen molar-refractivity contribution >= 4 is 33.3 Å². The highest BCUT2D eigenvalue weighted by Gasteiger charge is 2.50. The van der Waals surface area contributed by atoms with Crippen LogP contribution in [0.1, 0.15) is 56.4 Å². The summed E-state index contributed by atoms with van der Waals surface area (Å²) in [6.45, 7) is 2.06. The molecule has 3 rings (SSSR count). The number of carbonyl (C=O) groups excluding carboxylic acids is 3. The highest BCUT2D eigenvalue weighted by atomic mass is 79.9. The number of rotatable bonds is 5. The van der Waals surface area contributed by atoms with Crippen LogP contribution in [0.5, 0.6) is 0 Å². The number of halogens is 1. The molecule has 0 N–H and O–H groups in total. The Morgan fingerprint density at radius 1 is 0.958 bits per heavy atom. The van der Waals surface area contributed by atoms with Gasteiger partial charge >= 0.3 is 0 Å². The summed E-state index contributed by atoms with van der Waals surface area (Å²) in [5.41, 5.74) is 2.64. The van der Waals surface area contributed by atoms with E-state index in [2.05, 4.69) is 22.9 Å². The molecule has 0 amide bonds. The summed E-state index contributed by atoms with van der Waals surface area (Å²) in [4.78, 5) is 37.6. The molecule has 0 fully saturated rings. The molecule has 2 aromatic carbocycles. The van der Waals surface area contributed by atoms with Gasteiger partial charge in [-0.05, 0) is 18.4 Å². The predicted octanol–water partition coefficient (Wildman–Crippen LogP) is 4.42. The van der Waals surface area contributed by atoms with Crippen molar-refractivity contribution < 1.29 is 14.4 Å². The first-order valence-corrected chi connectivity index (χ1v) is 8.76. The zero-order chi connectivity index (χ0) is 17.3. The molecule has 3 nitrogen and oxygen atoms in total. The molecule has 0 bridgehead atoms. The Kier molecular flexibility index (Phi) is 4.50. The fourth-order valence-corrected chi connectivity index (χ4v) is 3.62. The number of ketones is 3. The molecule has 0 spiro atoms. The Labute approximate surface area is 149 Å². The second-order valence-corrected chi connectivity index (χ2v) is 7.33.